The first-order valence-electron chi connectivity index (χ1n) is 7.43. The molecule has 11 heteroatoms. The summed E-state index contributed by atoms with van der Waals surface area (Å²) >= 11 is 9.23. The van der Waals surface area contributed by atoms with Crippen LogP contribution in [0.3, 0.4) is 0 Å². The molecule has 1 aliphatic rings. The van der Waals surface area contributed by atoms with Crippen molar-refractivity contribution in [3.63, 3.8) is 0 Å². The first-order chi connectivity index (χ1) is 12.6. The van der Waals surface area contributed by atoms with E-state index >= 15 is 0 Å². The van der Waals surface area contributed by atoms with E-state index in [0.29, 0.717) is 10.0 Å². The summed E-state index contributed by atoms with van der Waals surface area (Å²) in [5, 5.41) is 28.0. The lowest BCUT2D eigenvalue weighted by molar-refractivity contribution is -0.146. The van der Waals surface area contributed by atoms with Crippen molar-refractivity contribution in [1.29, 1.82) is 0 Å². The maximum atomic E-state index is 12.7. The Kier molecular flexibility index (Phi) is 6.84. The highest BCUT2D eigenvalue weighted by atomic mass is 79.9. The number of carbonyl (C=O) groups is 3. The first kappa shape index (κ1) is 21.2. The van der Waals surface area contributed by atoms with E-state index in [1.807, 2.05) is 0 Å². The number of methoxy groups -OCH3 is 1. The van der Waals surface area contributed by atoms with Gasteiger partial charge in [0.05, 0.1) is 16.5 Å². The number of phenolic OH excluding ortho intramolecular Hbond substituents is 1. The molecular weight excluding hydrogens is 462 g/mol. The Balaban J connectivity index is 2.34. The summed E-state index contributed by atoms with van der Waals surface area (Å²) < 4.78 is 5.44. The van der Waals surface area contributed by atoms with Crippen LogP contribution in [0.2, 0.25) is 0 Å². The van der Waals surface area contributed by atoms with Crippen LogP contribution >= 0.6 is 39.9 Å². The van der Waals surface area contributed by atoms with Gasteiger partial charge in [-0.15, -0.1) is 0 Å². The number of hydrogen-bond acceptors (Lipinski definition) is 7. The number of aliphatic carboxylic acids is 2. The molecule has 1 amide bonds. The molecule has 0 spiro atoms. The molecule has 1 heterocycles. The van der Waals surface area contributed by atoms with E-state index in [4.69, 9.17) is 22.1 Å². The number of phenols is 1. The minimum atomic E-state index is -1.36. The van der Waals surface area contributed by atoms with Crippen LogP contribution in [-0.2, 0) is 14.4 Å². The highest BCUT2D eigenvalue weighted by Crippen LogP contribution is 2.39. The Morgan fingerprint density at radius 2 is 2.07 bits per heavy atom. The summed E-state index contributed by atoms with van der Waals surface area (Å²) in [6, 6.07) is 1.70. The van der Waals surface area contributed by atoms with Gasteiger partial charge in [0.1, 0.15) is 10.4 Å². The second-order valence-corrected chi connectivity index (χ2v) is 7.92. The maximum absolute atomic E-state index is 12.7. The summed E-state index contributed by atoms with van der Waals surface area (Å²) in [4.78, 5) is 36.0. The molecule has 8 nitrogen and oxygen atoms in total. The SMILES string of the molecule is COc1cc(/C=C2\SC(=S)N([C@@H](CCC(=O)O)C(=O)O)C2=O)cc(Br)c1O. The number of hydrogen-bond donors (Lipinski definition) is 3. The van der Waals surface area contributed by atoms with Gasteiger partial charge in [0, 0.05) is 6.42 Å². The fourth-order valence-corrected chi connectivity index (χ4v) is 4.17. The number of nitrogens with zero attached hydrogens (tertiary/aromatic N) is 1. The van der Waals surface area contributed by atoms with Gasteiger partial charge in [0.15, 0.2) is 11.5 Å². The summed E-state index contributed by atoms with van der Waals surface area (Å²) in [7, 11) is 1.38. The third kappa shape index (κ3) is 4.79. The van der Waals surface area contributed by atoms with Crippen LogP contribution in [0.4, 0.5) is 0 Å². The van der Waals surface area contributed by atoms with E-state index in [1.165, 1.54) is 19.3 Å². The van der Waals surface area contributed by atoms with Crippen molar-refractivity contribution in [2.24, 2.45) is 0 Å². The summed E-state index contributed by atoms with van der Waals surface area (Å²) in [6.45, 7) is 0. The molecule has 3 N–H and O–H groups in total. The second-order valence-electron chi connectivity index (χ2n) is 5.39. The van der Waals surface area contributed by atoms with Crippen molar-refractivity contribution in [3.8, 4) is 11.5 Å². The molecule has 1 aliphatic heterocycles. The molecule has 2 rings (SSSR count). The van der Waals surface area contributed by atoms with Gasteiger partial charge >= 0.3 is 11.9 Å². The van der Waals surface area contributed by atoms with E-state index < -0.39 is 30.3 Å². The van der Waals surface area contributed by atoms with E-state index in [0.717, 1.165) is 16.7 Å². The van der Waals surface area contributed by atoms with Crippen molar-refractivity contribution in [1.82, 2.24) is 4.90 Å². The Morgan fingerprint density at radius 3 is 2.63 bits per heavy atom. The number of halogens is 1. The fraction of sp³-hybridized carbons (Fsp3) is 0.250. The smallest absolute Gasteiger partial charge is 0.326 e. The predicted molar refractivity (Wildman–Crippen MR) is 106 cm³/mol. The predicted octanol–water partition coefficient (Wildman–Crippen LogP) is 2.68. The van der Waals surface area contributed by atoms with Gasteiger partial charge in [-0.25, -0.2) is 4.79 Å². The Bertz CT molecular complexity index is 855. The third-order valence-electron chi connectivity index (χ3n) is 3.62. The normalized spacial score (nSPS) is 16.7. The molecule has 0 radical (unpaired) electrons. The van der Waals surface area contributed by atoms with Crippen LogP contribution in [0.5, 0.6) is 11.5 Å². The lowest BCUT2D eigenvalue weighted by atomic mass is 10.1. The average Bonchev–Trinajstić information content (AvgIpc) is 2.85. The number of ether oxygens (including phenoxy) is 1. The van der Waals surface area contributed by atoms with Gasteiger partial charge in [-0.05, 0) is 46.1 Å². The summed E-state index contributed by atoms with van der Waals surface area (Å²) in [5.41, 5.74) is 0.523. The van der Waals surface area contributed by atoms with Crippen LogP contribution < -0.4 is 4.74 Å². The lowest BCUT2D eigenvalue weighted by Crippen LogP contribution is -2.44. The minimum absolute atomic E-state index is 0.0360. The number of rotatable bonds is 7. The van der Waals surface area contributed by atoms with Gasteiger partial charge in [-0.1, -0.05) is 24.0 Å². The molecular formula is C16H14BrNO7S2. The third-order valence-corrected chi connectivity index (χ3v) is 5.56. The molecule has 0 aliphatic carbocycles. The molecule has 0 saturated carbocycles. The maximum Gasteiger partial charge on any atom is 0.326 e. The van der Waals surface area contributed by atoms with Crippen LogP contribution in [0.1, 0.15) is 18.4 Å². The van der Waals surface area contributed by atoms with Crippen LogP contribution in [0.25, 0.3) is 6.08 Å². The van der Waals surface area contributed by atoms with Crippen LogP contribution in [-0.4, -0.2) is 55.5 Å². The monoisotopic (exact) mass is 475 g/mol. The van der Waals surface area contributed by atoms with Crippen LogP contribution in [0, 0.1) is 0 Å². The quantitative estimate of drug-likeness (QED) is 0.403. The Morgan fingerprint density at radius 1 is 1.41 bits per heavy atom. The van der Waals surface area contributed by atoms with Crippen molar-refractivity contribution in [2.75, 3.05) is 7.11 Å². The van der Waals surface area contributed by atoms with Gasteiger partial charge in [0.25, 0.3) is 5.91 Å². The number of thioether (sulfide) groups is 1. The van der Waals surface area contributed by atoms with E-state index in [1.54, 1.807) is 6.07 Å². The van der Waals surface area contributed by atoms with E-state index in [-0.39, 0.29) is 27.1 Å². The summed E-state index contributed by atoms with van der Waals surface area (Å²) in [5.74, 6) is -3.02. The second kappa shape index (κ2) is 8.72. The van der Waals surface area contributed by atoms with Gasteiger partial charge in [0.2, 0.25) is 0 Å². The van der Waals surface area contributed by atoms with Crippen molar-refractivity contribution in [2.45, 2.75) is 18.9 Å². The highest BCUT2D eigenvalue weighted by Gasteiger charge is 2.40. The lowest BCUT2D eigenvalue weighted by Gasteiger charge is -2.22. The first-order valence-corrected chi connectivity index (χ1v) is 9.45. The van der Waals surface area contributed by atoms with Gasteiger partial charge in [-0.2, -0.15) is 0 Å². The van der Waals surface area contributed by atoms with Crippen molar-refractivity contribution in [3.05, 3.63) is 27.1 Å². The van der Waals surface area contributed by atoms with Gasteiger partial charge < -0.3 is 20.1 Å². The van der Waals surface area contributed by atoms with Gasteiger partial charge in [-0.3, -0.25) is 14.5 Å². The zero-order chi connectivity index (χ0) is 20.3. The van der Waals surface area contributed by atoms with Crippen molar-refractivity contribution >= 4 is 68.2 Å². The molecule has 1 atom stereocenters. The number of carboxylic acids is 2. The Hall–Kier alpha value is -2.11. The number of thiocarbonyl (C=S) groups is 1. The Labute approximate surface area is 171 Å². The molecule has 1 fully saturated rings. The van der Waals surface area contributed by atoms with E-state index in [2.05, 4.69) is 15.9 Å². The summed E-state index contributed by atoms with van der Waals surface area (Å²) in [6.07, 6.45) is 0.820. The zero-order valence-corrected chi connectivity index (χ0v) is 17.1. The number of benzene rings is 1. The average molecular weight is 476 g/mol. The minimum Gasteiger partial charge on any atom is -0.503 e. The number of aromatic hydroxyl groups is 1. The molecule has 144 valence electrons. The molecule has 0 bridgehead atoms. The van der Waals surface area contributed by atoms with Crippen molar-refractivity contribution < 1.29 is 34.4 Å². The number of carboxylic acid groups (broad SMARTS) is 2. The standard InChI is InChI=1S/C16H14BrNO7S2/c1-25-10-5-7(4-8(17)13(10)21)6-11-14(22)18(16(26)27-11)9(15(23)24)2-3-12(19)20/h4-6,9,21H,2-3H2,1H3,(H,19,20)(H,23,24)/b11-6-/t9-/m0/s1. The highest BCUT2D eigenvalue weighted by molar-refractivity contribution is 9.10. The van der Waals surface area contributed by atoms with Crippen LogP contribution in [0.15, 0.2) is 21.5 Å². The molecule has 1 aromatic rings. The topological polar surface area (TPSA) is 124 Å². The molecule has 27 heavy (non-hydrogen) atoms. The number of amides is 1. The molecule has 0 unspecified atom stereocenters. The zero-order valence-electron chi connectivity index (χ0n) is 13.8. The molecule has 1 aromatic carbocycles. The fourth-order valence-electron chi connectivity index (χ4n) is 2.36. The molecule has 1 saturated heterocycles. The molecule has 0 aromatic heterocycles. The number of carbonyl (C=O) groups excluding carboxylic acids is 1. The van der Waals surface area contributed by atoms with E-state index in [9.17, 15) is 24.6 Å². The largest absolute Gasteiger partial charge is 0.503 e.